The number of fused-ring (bicyclic) bond motifs is 3. The van der Waals surface area contributed by atoms with Crippen LogP contribution in [0.4, 0.5) is 0 Å². The highest BCUT2D eigenvalue weighted by molar-refractivity contribution is 6.26. The standard InChI is InChI=1S/C24H26O4/c1-26-16-10-8-15(9-11-16)22-19-7-5-4-6-18(19)21-14-17(27-2)12-13-20(21)23(22)24(25)28-3/h8-14,18-19H,4-7H2,1-3H3. The quantitative estimate of drug-likeness (QED) is 0.697. The fourth-order valence-electron chi connectivity index (χ4n) is 4.83. The van der Waals surface area contributed by atoms with Gasteiger partial charge in [-0.1, -0.05) is 31.0 Å². The number of esters is 1. The number of hydrogen-bond donors (Lipinski definition) is 0. The first-order valence-electron chi connectivity index (χ1n) is 9.83. The van der Waals surface area contributed by atoms with Crippen LogP contribution in [0.25, 0.3) is 11.1 Å². The van der Waals surface area contributed by atoms with Gasteiger partial charge in [-0.3, -0.25) is 0 Å². The Balaban J connectivity index is 1.97. The Kier molecular flexibility index (Phi) is 5.12. The van der Waals surface area contributed by atoms with E-state index in [1.54, 1.807) is 14.2 Å². The predicted octanol–water partition coefficient (Wildman–Crippen LogP) is 5.08. The smallest absolute Gasteiger partial charge is 0.338 e. The van der Waals surface area contributed by atoms with Crippen molar-refractivity contribution >= 4 is 17.1 Å². The number of rotatable bonds is 4. The average Bonchev–Trinajstić information content (AvgIpc) is 2.77. The summed E-state index contributed by atoms with van der Waals surface area (Å²) in [5.74, 6) is 2.06. The van der Waals surface area contributed by atoms with Gasteiger partial charge in [0, 0.05) is 0 Å². The highest BCUT2D eigenvalue weighted by Gasteiger charge is 2.40. The van der Waals surface area contributed by atoms with E-state index < -0.39 is 0 Å². The molecule has 2 unspecified atom stereocenters. The van der Waals surface area contributed by atoms with Crippen molar-refractivity contribution < 1.29 is 19.0 Å². The molecular formula is C24H26O4. The van der Waals surface area contributed by atoms with Crippen molar-refractivity contribution in [2.24, 2.45) is 5.92 Å². The lowest BCUT2D eigenvalue weighted by Gasteiger charge is -2.40. The van der Waals surface area contributed by atoms with Gasteiger partial charge in [-0.15, -0.1) is 0 Å². The minimum absolute atomic E-state index is 0.277. The molecule has 1 fully saturated rings. The number of carbonyl (C=O) groups is 1. The number of benzene rings is 2. The topological polar surface area (TPSA) is 44.8 Å². The van der Waals surface area contributed by atoms with Crippen molar-refractivity contribution in [3.63, 3.8) is 0 Å². The normalized spacial score (nSPS) is 20.8. The molecule has 4 heteroatoms. The van der Waals surface area contributed by atoms with Crippen LogP contribution in [0.3, 0.4) is 0 Å². The van der Waals surface area contributed by atoms with Crippen LogP contribution in [0.2, 0.25) is 0 Å². The van der Waals surface area contributed by atoms with Crippen LogP contribution >= 0.6 is 0 Å². The summed E-state index contributed by atoms with van der Waals surface area (Å²) in [6.07, 6.45) is 4.58. The van der Waals surface area contributed by atoms with Crippen LogP contribution in [-0.2, 0) is 9.53 Å². The van der Waals surface area contributed by atoms with Gasteiger partial charge in [-0.25, -0.2) is 4.79 Å². The van der Waals surface area contributed by atoms with Crippen molar-refractivity contribution in [2.75, 3.05) is 21.3 Å². The highest BCUT2D eigenvalue weighted by atomic mass is 16.5. The van der Waals surface area contributed by atoms with Gasteiger partial charge >= 0.3 is 5.97 Å². The molecule has 146 valence electrons. The van der Waals surface area contributed by atoms with E-state index in [0.29, 0.717) is 17.4 Å². The zero-order chi connectivity index (χ0) is 19.7. The van der Waals surface area contributed by atoms with Gasteiger partial charge in [0.25, 0.3) is 0 Å². The molecular weight excluding hydrogens is 352 g/mol. The lowest BCUT2D eigenvalue weighted by Crippen LogP contribution is -2.27. The second kappa shape index (κ2) is 7.70. The van der Waals surface area contributed by atoms with Crippen LogP contribution in [-0.4, -0.2) is 27.3 Å². The monoisotopic (exact) mass is 378 g/mol. The first-order valence-corrected chi connectivity index (χ1v) is 9.83. The largest absolute Gasteiger partial charge is 0.497 e. The third-order valence-corrected chi connectivity index (χ3v) is 6.12. The lowest BCUT2D eigenvalue weighted by atomic mass is 9.64. The fourth-order valence-corrected chi connectivity index (χ4v) is 4.83. The van der Waals surface area contributed by atoms with E-state index in [0.717, 1.165) is 41.0 Å². The van der Waals surface area contributed by atoms with Gasteiger partial charge in [0.2, 0.25) is 0 Å². The third-order valence-electron chi connectivity index (χ3n) is 6.12. The van der Waals surface area contributed by atoms with Crippen LogP contribution in [0.15, 0.2) is 42.5 Å². The van der Waals surface area contributed by atoms with Gasteiger partial charge in [0.1, 0.15) is 11.5 Å². The first-order chi connectivity index (χ1) is 13.7. The zero-order valence-electron chi connectivity index (χ0n) is 16.7. The van der Waals surface area contributed by atoms with Crippen molar-refractivity contribution in [3.8, 4) is 11.5 Å². The Morgan fingerprint density at radius 3 is 2.14 bits per heavy atom. The molecule has 0 aliphatic heterocycles. The third kappa shape index (κ3) is 3.07. The average molecular weight is 378 g/mol. The van der Waals surface area contributed by atoms with E-state index in [1.807, 2.05) is 24.3 Å². The second-order valence-corrected chi connectivity index (χ2v) is 7.46. The maximum Gasteiger partial charge on any atom is 0.338 e. The molecule has 1 saturated carbocycles. The molecule has 0 radical (unpaired) electrons. The summed E-state index contributed by atoms with van der Waals surface area (Å²) >= 11 is 0. The minimum Gasteiger partial charge on any atom is -0.497 e. The van der Waals surface area contributed by atoms with Gasteiger partial charge in [0.05, 0.1) is 26.9 Å². The van der Waals surface area contributed by atoms with Crippen molar-refractivity contribution in [1.29, 1.82) is 0 Å². The number of methoxy groups -OCH3 is 3. The Hall–Kier alpha value is -2.75. The van der Waals surface area contributed by atoms with Crippen LogP contribution in [0.5, 0.6) is 11.5 Å². The summed E-state index contributed by atoms with van der Waals surface area (Å²) in [4.78, 5) is 12.9. The van der Waals surface area contributed by atoms with Crippen LogP contribution in [0.1, 0.15) is 48.3 Å². The van der Waals surface area contributed by atoms with E-state index in [9.17, 15) is 4.79 Å². The molecule has 4 rings (SSSR count). The number of ether oxygens (including phenoxy) is 3. The van der Waals surface area contributed by atoms with Gasteiger partial charge in [0.15, 0.2) is 0 Å². The van der Waals surface area contributed by atoms with Gasteiger partial charge < -0.3 is 14.2 Å². The van der Waals surface area contributed by atoms with E-state index in [1.165, 1.54) is 25.5 Å². The molecule has 2 aliphatic carbocycles. The Morgan fingerprint density at radius 1 is 0.857 bits per heavy atom. The number of allylic oxidation sites excluding steroid dienone is 1. The van der Waals surface area contributed by atoms with Crippen molar-refractivity contribution in [1.82, 2.24) is 0 Å². The summed E-state index contributed by atoms with van der Waals surface area (Å²) in [5.41, 5.74) is 5.05. The molecule has 0 N–H and O–H groups in total. The Labute approximate surface area is 166 Å². The maximum absolute atomic E-state index is 12.9. The van der Waals surface area contributed by atoms with E-state index >= 15 is 0 Å². The molecule has 0 heterocycles. The van der Waals surface area contributed by atoms with Crippen molar-refractivity contribution in [3.05, 3.63) is 59.2 Å². The number of hydrogen-bond acceptors (Lipinski definition) is 4. The predicted molar refractivity (Wildman–Crippen MR) is 110 cm³/mol. The molecule has 28 heavy (non-hydrogen) atoms. The maximum atomic E-state index is 12.9. The molecule has 0 saturated heterocycles. The summed E-state index contributed by atoms with van der Waals surface area (Å²) in [7, 11) is 4.80. The Morgan fingerprint density at radius 2 is 1.50 bits per heavy atom. The molecule has 0 amide bonds. The molecule has 2 aliphatic rings. The summed E-state index contributed by atoms with van der Waals surface area (Å²) in [6, 6.07) is 14.1. The molecule has 2 atom stereocenters. The zero-order valence-corrected chi connectivity index (χ0v) is 16.7. The lowest BCUT2D eigenvalue weighted by molar-refractivity contribution is -0.133. The van der Waals surface area contributed by atoms with Gasteiger partial charge in [-0.2, -0.15) is 0 Å². The van der Waals surface area contributed by atoms with E-state index in [-0.39, 0.29) is 5.97 Å². The molecule has 0 bridgehead atoms. The minimum atomic E-state index is -0.277. The summed E-state index contributed by atoms with van der Waals surface area (Å²) < 4.78 is 16.0. The molecule has 0 spiro atoms. The van der Waals surface area contributed by atoms with Crippen molar-refractivity contribution in [2.45, 2.75) is 31.6 Å². The molecule has 4 nitrogen and oxygen atoms in total. The van der Waals surface area contributed by atoms with E-state index in [2.05, 4.69) is 18.2 Å². The summed E-state index contributed by atoms with van der Waals surface area (Å²) in [6.45, 7) is 0. The summed E-state index contributed by atoms with van der Waals surface area (Å²) in [5, 5.41) is 0. The van der Waals surface area contributed by atoms with Crippen LogP contribution < -0.4 is 9.47 Å². The van der Waals surface area contributed by atoms with Gasteiger partial charge in [-0.05, 0) is 71.2 Å². The van der Waals surface area contributed by atoms with E-state index in [4.69, 9.17) is 14.2 Å². The fraction of sp³-hybridized carbons (Fsp3) is 0.375. The molecule has 0 aromatic heterocycles. The highest BCUT2D eigenvalue weighted by Crippen LogP contribution is 2.53. The second-order valence-electron chi connectivity index (χ2n) is 7.46. The molecule has 2 aromatic rings. The first kappa shape index (κ1) is 18.6. The van der Waals surface area contributed by atoms with Crippen LogP contribution in [0, 0.1) is 5.92 Å². The SMILES string of the molecule is COC(=O)C1=C(c2ccc(OC)cc2)C2CCCCC2c2cc(OC)ccc21. The Bertz CT molecular complexity index is 911. The number of carbonyl (C=O) groups excluding carboxylic acids is 1. The molecule has 2 aromatic carbocycles.